The topological polar surface area (TPSA) is 29.4 Å². The Morgan fingerprint density at radius 1 is 1.41 bits per heavy atom. The van der Waals surface area contributed by atoms with E-state index in [1.807, 2.05) is 18.2 Å². The number of hydrogen-bond acceptors (Lipinski definition) is 2. The number of alkyl halides is 1. The molecule has 2 rings (SSSR count). The van der Waals surface area contributed by atoms with Gasteiger partial charge >= 0.3 is 0 Å². The Kier molecular flexibility index (Phi) is 2.88. The third-order valence-corrected chi connectivity index (χ3v) is 3.53. The van der Waals surface area contributed by atoms with E-state index in [4.69, 9.17) is 0 Å². The molecule has 17 heavy (non-hydrogen) atoms. The van der Waals surface area contributed by atoms with Gasteiger partial charge in [-0.25, -0.2) is 9.18 Å². The highest BCUT2D eigenvalue weighted by atomic mass is 19.1. The molecule has 1 aliphatic rings. The molecule has 1 aromatic carbocycles. The van der Waals surface area contributed by atoms with E-state index in [1.54, 1.807) is 12.1 Å². The van der Waals surface area contributed by atoms with Crippen molar-refractivity contribution in [3.8, 4) is 0 Å². The molecule has 1 saturated carbocycles. The Bertz CT molecular complexity index is 465. The van der Waals surface area contributed by atoms with Crippen LogP contribution in [0.3, 0.4) is 0 Å². The minimum absolute atomic E-state index is 0.441. The molecule has 0 heterocycles. The molecular weight excluding hydrogens is 217 g/mol. The third-order valence-electron chi connectivity index (χ3n) is 3.53. The predicted octanol–water partition coefficient (Wildman–Crippen LogP) is 3.61. The first kappa shape index (κ1) is 12.0. The highest BCUT2D eigenvalue weighted by Crippen LogP contribution is 2.45. The van der Waals surface area contributed by atoms with Gasteiger partial charge in [0.25, 0.3) is 0 Å². The van der Waals surface area contributed by atoms with Gasteiger partial charge in [0.2, 0.25) is 6.08 Å². The highest BCUT2D eigenvalue weighted by Gasteiger charge is 2.39. The molecule has 0 spiro atoms. The van der Waals surface area contributed by atoms with E-state index in [-0.39, 0.29) is 0 Å². The summed E-state index contributed by atoms with van der Waals surface area (Å²) < 4.78 is 13.9. The maximum atomic E-state index is 13.9. The molecule has 0 N–H and O–H groups in total. The van der Waals surface area contributed by atoms with Crippen LogP contribution < -0.4 is 0 Å². The first-order valence-corrected chi connectivity index (χ1v) is 5.87. The van der Waals surface area contributed by atoms with Crippen LogP contribution in [0.2, 0.25) is 0 Å². The predicted molar refractivity (Wildman–Crippen MR) is 64.2 cm³/mol. The molecule has 90 valence electrons. The Hall–Kier alpha value is -1.47. The van der Waals surface area contributed by atoms with Crippen LogP contribution in [-0.4, -0.2) is 6.08 Å². The van der Waals surface area contributed by atoms with Gasteiger partial charge in [0.05, 0.1) is 5.54 Å². The summed E-state index contributed by atoms with van der Waals surface area (Å²) in [4.78, 5) is 14.4. The monoisotopic (exact) mass is 233 g/mol. The molecule has 0 unspecified atom stereocenters. The van der Waals surface area contributed by atoms with Gasteiger partial charge in [-0.1, -0.05) is 24.3 Å². The van der Waals surface area contributed by atoms with Crippen LogP contribution in [0, 0.1) is 0 Å². The maximum absolute atomic E-state index is 13.9. The number of benzene rings is 1. The second-order valence-electron chi connectivity index (χ2n) is 5.14. The number of isocyanates is 1. The van der Waals surface area contributed by atoms with E-state index in [9.17, 15) is 9.18 Å². The minimum Gasteiger partial charge on any atom is -0.239 e. The zero-order valence-electron chi connectivity index (χ0n) is 10.2. The molecule has 1 fully saturated rings. The van der Waals surface area contributed by atoms with Crippen LogP contribution >= 0.6 is 0 Å². The Labute approximate surface area is 101 Å². The lowest BCUT2D eigenvalue weighted by molar-refractivity contribution is 0.219. The molecule has 0 aromatic heterocycles. The van der Waals surface area contributed by atoms with Crippen LogP contribution in [0.25, 0.3) is 0 Å². The SMILES string of the molecule is CC(C)(F)c1cccc(C2(N=C=O)CCC2)c1. The number of nitrogens with zero attached hydrogens (tertiary/aromatic N) is 1. The minimum atomic E-state index is -1.37. The van der Waals surface area contributed by atoms with Crippen molar-refractivity contribution in [1.82, 2.24) is 0 Å². The largest absolute Gasteiger partial charge is 0.239 e. The summed E-state index contributed by atoms with van der Waals surface area (Å²) >= 11 is 0. The number of hydrogen-bond donors (Lipinski definition) is 0. The normalized spacial score (nSPS) is 18.1. The maximum Gasteiger partial charge on any atom is 0.235 e. The fraction of sp³-hybridized carbons (Fsp3) is 0.500. The van der Waals surface area contributed by atoms with Crippen LogP contribution in [0.15, 0.2) is 29.3 Å². The van der Waals surface area contributed by atoms with E-state index in [0.717, 1.165) is 24.8 Å². The van der Waals surface area contributed by atoms with Gasteiger partial charge in [-0.05, 0) is 44.2 Å². The smallest absolute Gasteiger partial charge is 0.235 e. The number of halogens is 1. The summed E-state index contributed by atoms with van der Waals surface area (Å²) in [6, 6.07) is 7.32. The molecule has 0 bridgehead atoms. The molecule has 0 atom stereocenters. The van der Waals surface area contributed by atoms with Crippen molar-refractivity contribution in [3.05, 3.63) is 35.4 Å². The van der Waals surface area contributed by atoms with Gasteiger partial charge in [-0.3, -0.25) is 0 Å². The average molecular weight is 233 g/mol. The van der Waals surface area contributed by atoms with Crippen molar-refractivity contribution in [2.75, 3.05) is 0 Å². The van der Waals surface area contributed by atoms with Crippen molar-refractivity contribution >= 4 is 6.08 Å². The summed E-state index contributed by atoms with van der Waals surface area (Å²) in [5.74, 6) is 0. The van der Waals surface area contributed by atoms with Crippen LogP contribution in [0.5, 0.6) is 0 Å². The lowest BCUT2D eigenvalue weighted by Crippen LogP contribution is -2.32. The Balaban J connectivity index is 2.43. The zero-order valence-corrected chi connectivity index (χ0v) is 10.2. The summed E-state index contributed by atoms with van der Waals surface area (Å²) in [6.45, 7) is 3.06. The van der Waals surface area contributed by atoms with E-state index >= 15 is 0 Å². The summed E-state index contributed by atoms with van der Waals surface area (Å²) in [7, 11) is 0. The standard InChI is InChI=1S/C14H16FNO/c1-13(2,15)11-5-3-6-12(9-11)14(16-10-17)7-4-8-14/h3,5-6,9H,4,7-8H2,1-2H3. The van der Waals surface area contributed by atoms with E-state index in [0.29, 0.717) is 5.56 Å². The summed E-state index contributed by atoms with van der Waals surface area (Å²) in [5.41, 5.74) is -0.257. The highest BCUT2D eigenvalue weighted by molar-refractivity contribution is 5.41. The summed E-state index contributed by atoms with van der Waals surface area (Å²) in [5, 5.41) is 0. The Morgan fingerprint density at radius 2 is 2.12 bits per heavy atom. The molecule has 0 amide bonds. The van der Waals surface area contributed by atoms with Crippen LogP contribution in [0.1, 0.15) is 44.2 Å². The molecule has 1 aromatic rings. The zero-order chi connectivity index (χ0) is 12.5. The first-order valence-electron chi connectivity index (χ1n) is 5.87. The first-order chi connectivity index (χ1) is 7.98. The third kappa shape index (κ3) is 2.16. The van der Waals surface area contributed by atoms with E-state index in [1.165, 1.54) is 13.8 Å². The van der Waals surface area contributed by atoms with E-state index in [2.05, 4.69) is 4.99 Å². The van der Waals surface area contributed by atoms with Gasteiger partial charge in [0.1, 0.15) is 5.67 Å². The lowest BCUT2D eigenvalue weighted by Gasteiger charge is -2.37. The molecule has 0 radical (unpaired) electrons. The molecular formula is C14H16FNO. The van der Waals surface area contributed by atoms with E-state index < -0.39 is 11.2 Å². The molecule has 2 nitrogen and oxygen atoms in total. The fourth-order valence-electron chi connectivity index (χ4n) is 2.24. The van der Waals surface area contributed by atoms with Gasteiger partial charge in [-0.2, -0.15) is 4.99 Å². The lowest BCUT2D eigenvalue weighted by atomic mass is 9.72. The molecule has 3 heteroatoms. The second-order valence-corrected chi connectivity index (χ2v) is 5.14. The van der Waals surface area contributed by atoms with Crippen LogP contribution in [-0.2, 0) is 16.0 Å². The van der Waals surface area contributed by atoms with Crippen molar-refractivity contribution in [2.45, 2.75) is 44.3 Å². The van der Waals surface area contributed by atoms with Crippen molar-refractivity contribution < 1.29 is 9.18 Å². The quantitative estimate of drug-likeness (QED) is 0.579. The number of carbonyl (C=O) groups excluding carboxylic acids is 1. The van der Waals surface area contributed by atoms with Gasteiger partial charge in [0, 0.05) is 0 Å². The van der Waals surface area contributed by atoms with Crippen molar-refractivity contribution in [2.24, 2.45) is 4.99 Å². The van der Waals surface area contributed by atoms with Crippen molar-refractivity contribution in [3.63, 3.8) is 0 Å². The van der Waals surface area contributed by atoms with Crippen molar-refractivity contribution in [1.29, 1.82) is 0 Å². The fourth-order valence-corrected chi connectivity index (χ4v) is 2.24. The van der Waals surface area contributed by atoms with Crippen LogP contribution in [0.4, 0.5) is 4.39 Å². The number of aliphatic imine (C=N–C) groups is 1. The van der Waals surface area contributed by atoms with Gasteiger partial charge < -0.3 is 0 Å². The molecule has 0 aliphatic heterocycles. The Morgan fingerprint density at radius 3 is 2.59 bits per heavy atom. The molecule has 1 aliphatic carbocycles. The molecule has 0 saturated heterocycles. The number of rotatable bonds is 3. The van der Waals surface area contributed by atoms with Gasteiger partial charge in [0.15, 0.2) is 0 Å². The van der Waals surface area contributed by atoms with Gasteiger partial charge in [-0.15, -0.1) is 0 Å². The average Bonchev–Trinajstić information content (AvgIpc) is 2.22. The second kappa shape index (κ2) is 4.08. The summed E-state index contributed by atoms with van der Waals surface area (Å²) in [6.07, 6.45) is 4.39.